The molecule has 0 saturated carbocycles. The van der Waals surface area contributed by atoms with Gasteiger partial charge in [0.1, 0.15) is 11.7 Å². The molecule has 0 spiro atoms. The van der Waals surface area contributed by atoms with Gasteiger partial charge in [0.2, 0.25) is 0 Å². The fraction of sp³-hybridized carbons (Fsp3) is 0.200. The fourth-order valence-corrected chi connectivity index (χ4v) is 9.66. The van der Waals surface area contributed by atoms with Crippen molar-refractivity contribution in [3.63, 3.8) is 0 Å². The van der Waals surface area contributed by atoms with Crippen LogP contribution in [-0.4, -0.2) is 31.3 Å². The van der Waals surface area contributed by atoms with Gasteiger partial charge >= 0.3 is 11.9 Å². The normalized spacial score (nSPS) is 13.2. The van der Waals surface area contributed by atoms with Crippen molar-refractivity contribution in [2.75, 3.05) is 13.2 Å². The topological polar surface area (TPSA) is 61.8 Å². The van der Waals surface area contributed by atoms with E-state index in [4.69, 9.17) is 14.2 Å². The third kappa shape index (κ3) is 9.60. The lowest BCUT2D eigenvalue weighted by Gasteiger charge is -2.38. The molecule has 6 aromatic carbocycles. The van der Waals surface area contributed by atoms with Crippen molar-refractivity contribution < 1.29 is 23.8 Å². The van der Waals surface area contributed by atoms with Crippen molar-refractivity contribution in [3.05, 3.63) is 210 Å². The summed E-state index contributed by atoms with van der Waals surface area (Å²) in [6, 6.07) is 59.3. The van der Waals surface area contributed by atoms with Gasteiger partial charge in [0.05, 0.1) is 18.8 Å². The van der Waals surface area contributed by atoms with Crippen molar-refractivity contribution in [2.24, 2.45) is 11.8 Å². The first-order valence-corrected chi connectivity index (χ1v) is 20.6. The van der Waals surface area contributed by atoms with E-state index in [1.807, 2.05) is 115 Å². The number of benzene rings is 6. The highest BCUT2D eigenvalue weighted by Crippen LogP contribution is 2.41. The van der Waals surface area contributed by atoms with Crippen LogP contribution in [0.5, 0.6) is 0 Å². The number of ether oxygens (including phenoxy) is 3. The molecule has 6 aromatic rings. The molecule has 0 N–H and O–H groups in total. The van der Waals surface area contributed by atoms with Crippen LogP contribution >= 0.6 is 7.92 Å². The molecular formula is C50H49O5P. The number of carbonyl (C=O) groups excluding carboxylic acids is 2. The summed E-state index contributed by atoms with van der Waals surface area (Å²) in [7, 11) is -1.06. The van der Waals surface area contributed by atoms with E-state index in [0.29, 0.717) is 18.6 Å². The average Bonchev–Trinajstić information content (AvgIpc) is 3.25. The summed E-state index contributed by atoms with van der Waals surface area (Å²) in [4.78, 5) is 26.9. The van der Waals surface area contributed by atoms with Crippen LogP contribution in [0.2, 0.25) is 0 Å². The second-order valence-electron chi connectivity index (χ2n) is 13.8. The number of hydrogen-bond acceptors (Lipinski definition) is 5. The zero-order chi connectivity index (χ0) is 39.2. The lowest BCUT2D eigenvalue weighted by Crippen LogP contribution is -2.39. The van der Waals surface area contributed by atoms with E-state index in [1.54, 1.807) is 13.0 Å². The third-order valence-electron chi connectivity index (χ3n) is 9.91. The van der Waals surface area contributed by atoms with Crippen LogP contribution in [0.15, 0.2) is 188 Å². The minimum absolute atomic E-state index is 0.167. The highest BCUT2D eigenvalue weighted by atomic mass is 31.1. The van der Waals surface area contributed by atoms with Crippen molar-refractivity contribution in [1.29, 1.82) is 0 Å². The molecule has 0 aromatic heterocycles. The Balaban J connectivity index is 1.36. The molecule has 284 valence electrons. The summed E-state index contributed by atoms with van der Waals surface area (Å²) in [5.41, 5.74) is 2.58. The van der Waals surface area contributed by atoms with E-state index >= 15 is 0 Å². The molecule has 3 atom stereocenters. The maximum Gasteiger partial charge on any atom is 0.339 e. The molecule has 0 unspecified atom stereocenters. The van der Waals surface area contributed by atoms with Gasteiger partial charge in [-0.15, -0.1) is 0 Å². The Labute approximate surface area is 332 Å². The second kappa shape index (κ2) is 19.8. The predicted octanol–water partition coefficient (Wildman–Crippen LogP) is 9.76. The van der Waals surface area contributed by atoms with E-state index in [9.17, 15) is 9.59 Å². The molecule has 0 aliphatic heterocycles. The molecule has 0 saturated heterocycles. The Hall–Kier alpha value is -5.61. The molecular weight excluding hydrogens is 712 g/mol. The largest absolute Gasteiger partial charge is 0.463 e. The van der Waals surface area contributed by atoms with Crippen molar-refractivity contribution in [3.8, 4) is 0 Å². The van der Waals surface area contributed by atoms with E-state index in [2.05, 4.69) is 74.5 Å². The molecule has 0 heterocycles. The minimum atomic E-state index is -1.06. The zero-order valence-electron chi connectivity index (χ0n) is 32.2. The summed E-state index contributed by atoms with van der Waals surface area (Å²) < 4.78 is 19.0. The maximum atomic E-state index is 14.6. The molecule has 0 bridgehead atoms. The summed E-state index contributed by atoms with van der Waals surface area (Å²) in [6.07, 6.45) is 3.18. The Morgan fingerprint density at radius 2 is 1.05 bits per heavy atom. The quantitative estimate of drug-likeness (QED) is 0.0401. The summed E-state index contributed by atoms with van der Waals surface area (Å²) in [6.45, 7) is 6.47. The van der Waals surface area contributed by atoms with Gasteiger partial charge in [0.25, 0.3) is 0 Å². The zero-order valence-corrected chi connectivity index (χ0v) is 33.1. The summed E-state index contributed by atoms with van der Waals surface area (Å²) >= 11 is 0. The molecule has 6 rings (SSSR count). The van der Waals surface area contributed by atoms with Crippen LogP contribution in [0, 0.1) is 11.8 Å². The highest BCUT2D eigenvalue weighted by molar-refractivity contribution is 7.80. The number of esters is 2. The van der Waals surface area contributed by atoms with E-state index in [-0.39, 0.29) is 18.4 Å². The van der Waals surface area contributed by atoms with Crippen LogP contribution in [0.3, 0.4) is 0 Å². The van der Waals surface area contributed by atoms with Crippen LogP contribution in [-0.2, 0) is 24.6 Å². The van der Waals surface area contributed by atoms with Crippen LogP contribution in [0.4, 0.5) is 0 Å². The molecule has 0 aliphatic carbocycles. The molecule has 56 heavy (non-hydrogen) atoms. The Morgan fingerprint density at radius 3 is 1.54 bits per heavy atom. The number of hydrogen-bond donors (Lipinski definition) is 0. The number of carbonyl (C=O) groups is 2. The highest BCUT2D eigenvalue weighted by Gasteiger charge is 2.39. The molecule has 0 amide bonds. The van der Waals surface area contributed by atoms with Gasteiger partial charge < -0.3 is 14.2 Å². The fourth-order valence-electron chi connectivity index (χ4n) is 7.23. The number of allylic oxidation sites excluding steroid dienone is 1. The first-order valence-electron chi connectivity index (χ1n) is 19.3. The van der Waals surface area contributed by atoms with Crippen molar-refractivity contribution in [1.82, 2.24) is 0 Å². The maximum absolute atomic E-state index is 14.6. The Kier molecular flexibility index (Phi) is 14.2. The van der Waals surface area contributed by atoms with Gasteiger partial charge in [-0.05, 0) is 65.9 Å². The Bertz CT molecular complexity index is 2000. The molecule has 0 fully saturated rings. The minimum Gasteiger partial charge on any atom is -0.463 e. The van der Waals surface area contributed by atoms with Gasteiger partial charge in [-0.1, -0.05) is 190 Å². The van der Waals surface area contributed by atoms with Crippen LogP contribution < -0.4 is 15.9 Å². The van der Waals surface area contributed by atoms with Gasteiger partial charge in [0.15, 0.2) is 0 Å². The molecule has 6 heteroatoms. The second-order valence-corrected chi connectivity index (χ2v) is 16.0. The first kappa shape index (κ1) is 40.1. The summed E-state index contributed by atoms with van der Waals surface area (Å²) in [5.74, 6) is -1.21. The van der Waals surface area contributed by atoms with Crippen LogP contribution in [0.25, 0.3) is 0 Å². The average molecular weight is 761 g/mol. The van der Waals surface area contributed by atoms with E-state index in [1.165, 1.54) is 6.08 Å². The molecule has 0 aliphatic rings. The SMILES string of the molecule is CCOC(=O)/C=C/C[C@@H](C)[C@H](OC(=O)c1ccccc1P(c1ccccc1)c1ccccc1)[C@H](C)COC(c1ccccc1)(c1ccccc1)c1ccccc1. The van der Waals surface area contributed by atoms with Crippen molar-refractivity contribution in [2.45, 2.75) is 38.9 Å². The monoisotopic (exact) mass is 760 g/mol. The van der Waals surface area contributed by atoms with Gasteiger partial charge in [-0.2, -0.15) is 0 Å². The summed E-state index contributed by atoms with van der Waals surface area (Å²) in [5, 5.41) is 3.21. The predicted molar refractivity (Wildman–Crippen MR) is 228 cm³/mol. The van der Waals surface area contributed by atoms with Crippen LogP contribution in [0.1, 0.15) is 54.2 Å². The lowest BCUT2D eigenvalue weighted by molar-refractivity contribution is -0.137. The van der Waals surface area contributed by atoms with Gasteiger partial charge in [-0.3, -0.25) is 0 Å². The smallest absolute Gasteiger partial charge is 0.339 e. The van der Waals surface area contributed by atoms with Gasteiger partial charge in [-0.25, -0.2) is 9.59 Å². The number of rotatable bonds is 17. The van der Waals surface area contributed by atoms with E-state index < -0.39 is 31.6 Å². The van der Waals surface area contributed by atoms with Crippen molar-refractivity contribution >= 4 is 35.8 Å². The lowest BCUT2D eigenvalue weighted by atomic mass is 9.80. The van der Waals surface area contributed by atoms with Gasteiger partial charge in [0, 0.05) is 12.0 Å². The first-order chi connectivity index (χ1) is 27.4. The van der Waals surface area contributed by atoms with E-state index in [0.717, 1.165) is 32.6 Å². The third-order valence-corrected chi connectivity index (χ3v) is 12.4. The standard InChI is InChI=1S/C50H49O5P/c1-4-53-47(51)36-22-23-38(2)48(55-49(52)45-34-20-21-35-46(45)56(43-30-16-8-17-31-43)44-32-18-9-19-33-44)39(3)37-54-50(40-24-10-5-11-25-40,41-26-12-6-13-27-41)42-28-14-7-15-29-42/h5-22,24-36,38-39,48H,4,23,37H2,1-3H3/b36-22+/t38-,39-,48+/m1/s1. The molecule has 0 radical (unpaired) electrons. The molecule has 5 nitrogen and oxygen atoms in total. The Morgan fingerprint density at radius 1 is 0.607 bits per heavy atom.